The van der Waals surface area contributed by atoms with Crippen molar-refractivity contribution < 1.29 is 27.5 Å². The van der Waals surface area contributed by atoms with Crippen LogP contribution in [0.3, 0.4) is 0 Å². The number of piperidine rings is 1. The average Bonchev–Trinajstić information content (AvgIpc) is 2.81. The lowest BCUT2D eigenvalue weighted by atomic mass is 10.0. The van der Waals surface area contributed by atoms with Crippen LogP contribution in [0.5, 0.6) is 0 Å². The van der Waals surface area contributed by atoms with E-state index in [0.29, 0.717) is 38.0 Å². The molecule has 1 aliphatic heterocycles. The molecule has 0 aromatic heterocycles. The zero-order valence-electron chi connectivity index (χ0n) is 20.5. The first-order chi connectivity index (χ1) is 16.8. The van der Waals surface area contributed by atoms with Crippen molar-refractivity contribution >= 4 is 34.0 Å². The van der Waals surface area contributed by atoms with E-state index in [-0.39, 0.29) is 18.0 Å². The summed E-state index contributed by atoms with van der Waals surface area (Å²) in [4.78, 5) is 29.1. The minimum absolute atomic E-state index is 0.0999. The summed E-state index contributed by atoms with van der Waals surface area (Å²) in [7, 11) is 0. The number of ether oxygens (including phenoxy) is 1. The van der Waals surface area contributed by atoms with Crippen molar-refractivity contribution in [1.82, 2.24) is 9.80 Å². The number of rotatable bonds is 5. The summed E-state index contributed by atoms with van der Waals surface area (Å²) in [6.07, 6.45) is -0.679. The Kier molecular flexibility index (Phi) is 8.87. The van der Waals surface area contributed by atoms with Gasteiger partial charge >= 0.3 is 12.3 Å². The number of hydrogen-bond acceptors (Lipinski definition) is 3. The molecule has 1 heterocycles. The van der Waals surface area contributed by atoms with E-state index in [9.17, 15) is 22.8 Å². The first kappa shape index (κ1) is 27.8. The van der Waals surface area contributed by atoms with E-state index < -0.39 is 17.3 Å². The number of carbonyl (C=O) groups is 2. The van der Waals surface area contributed by atoms with Gasteiger partial charge in [0.25, 0.3) is 0 Å². The molecule has 0 aliphatic carbocycles. The van der Waals surface area contributed by atoms with Crippen molar-refractivity contribution in [3.63, 3.8) is 0 Å². The van der Waals surface area contributed by atoms with Crippen molar-refractivity contribution in [1.29, 1.82) is 0 Å². The van der Waals surface area contributed by atoms with E-state index >= 15 is 0 Å². The van der Waals surface area contributed by atoms with E-state index in [1.165, 1.54) is 24.3 Å². The molecule has 1 aliphatic rings. The van der Waals surface area contributed by atoms with E-state index in [4.69, 9.17) is 4.74 Å². The van der Waals surface area contributed by atoms with Crippen molar-refractivity contribution in [3.05, 3.63) is 75.8 Å². The Hall–Kier alpha value is -2.81. The predicted octanol–water partition coefficient (Wildman–Crippen LogP) is 6.91. The van der Waals surface area contributed by atoms with E-state index in [1.807, 2.05) is 45.0 Å². The molecule has 0 atom stereocenters. The number of amides is 2. The quantitative estimate of drug-likeness (QED) is 0.369. The lowest BCUT2D eigenvalue weighted by Gasteiger charge is -2.38. The molecule has 0 N–H and O–H groups in total. The second-order valence-corrected chi connectivity index (χ2v) is 10.7. The SMILES string of the molecule is CC(C)(C)OC(=O)N1CCC(N(Cc2ccc(Br)cc2)C(=O)C=Cc2ccc(C(F)(F)F)cc2)CC1. The number of hydrogen-bond donors (Lipinski definition) is 0. The average molecular weight is 567 g/mol. The fourth-order valence-corrected chi connectivity index (χ4v) is 4.17. The summed E-state index contributed by atoms with van der Waals surface area (Å²) in [6, 6.07) is 12.2. The Labute approximate surface area is 218 Å². The Balaban J connectivity index is 1.73. The topological polar surface area (TPSA) is 49.9 Å². The minimum atomic E-state index is -4.41. The highest BCUT2D eigenvalue weighted by Gasteiger charge is 2.31. The first-order valence-electron chi connectivity index (χ1n) is 11.7. The lowest BCUT2D eigenvalue weighted by Crippen LogP contribution is -2.49. The van der Waals surface area contributed by atoms with Crippen LogP contribution in [-0.4, -0.2) is 46.5 Å². The number of carbonyl (C=O) groups excluding carboxylic acids is 2. The number of alkyl halides is 3. The van der Waals surface area contributed by atoms with Crippen LogP contribution >= 0.6 is 15.9 Å². The summed E-state index contributed by atoms with van der Waals surface area (Å²) in [6.45, 7) is 6.76. The van der Waals surface area contributed by atoms with Gasteiger partial charge in [0.2, 0.25) is 5.91 Å². The fraction of sp³-hybridized carbons (Fsp3) is 0.407. The molecule has 0 bridgehead atoms. The molecule has 2 aromatic rings. The van der Waals surface area contributed by atoms with E-state index in [0.717, 1.165) is 22.2 Å². The Morgan fingerprint density at radius 2 is 1.61 bits per heavy atom. The standard InChI is InChI=1S/C27H30BrF3N2O3/c1-26(2,3)36-25(35)32-16-14-23(15-17-32)33(18-20-6-11-22(28)12-7-20)24(34)13-8-19-4-9-21(10-5-19)27(29,30)31/h4-13,23H,14-18H2,1-3H3. The molecule has 0 saturated carbocycles. The molecule has 36 heavy (non-hydrogen) atoms. The summed E-state index contributed by atoms with van der Waals surface area (Å²) in [5, 5.41) is 0. The van der Waals surface area contributed by atoms with Crippen LogP contribution in [0.2, 0.25) is 0 Å². The molecule has 1 saturated heterocycles. The minimum Gasteiger partial charge on any atom is -0.444 e. The summed E-state index contributed by atoms with van der Waals surface area (Å²) in [5.41, 5.74) is 0.129. The molecule has 3 rings (SSSR count). The van der Waals surface area contributed by atoms with Crippen LogP contribution < -0.4 is 0 Å². The van der Waals surface area contributed by atoms with E-state index in [1.54, 1.807) is 9.80 Å². The molecule has 5 nitrogen and oxygen atoms in total. The monoisotopic (exact) mass is 566 g/mol. The number of halogens is 4. The molecule has 2 amide bonds. The maximum Gasteiger partial charge on any atom is 0.416 e. The van der Waals surface area contributed by atoms with Gasteiger partial charge in [0.05, 0.1) is 5.56 Å². The van der Waals surface area contributed by atoms with Crippen LogP contribution in [0.4, 0.5) is 18.0 Å². The summed E-state index contributed by atoms with van der Waals surface area (Å²) in [5.74, 6) is -0.242. The molecule has 2 aromatic carbocycles. The Bertz CT molecular complexity index is 1070. The molecule has 0 unspecified atom stereocenters. The maximum absolute atomic E-state index is 13.3. The number of nitrogens with zero attached hydrogens (tertiary/aromatic N) is 2. The van der Waals surface area contributed by atoms with Crippen LogP contribution in [0.25, 0.3) is 6.08 Å². The molecule has 194 valence electrons. The number of benzene rings is 2. The Morgan fingerprint density at radius 1 is 1.03 bits per heavy atom. The fourth-order valence-electron chi connectivity index (χ4n) is 3.91. The largest absolute Gasteiger partial charge is 0.444 e. The third-order valence-electron chi connectivity index (χ3n) is 5.76. The van der Waals surface area contributed by atoms with Gasteiger partial charge in [-0.3, -0.25) is 4.79 Å². The molecule has 9 heteroatoms. The van der Waals surface area contributed by atoms with Crippen molar-refractivity contribution in [3.8, 4) is 0 Å². The highest BCUT2D eigenvalue weighted by Crippen LogP contribution is 2.29. The van der Waals surface area contributed by atoms with Crippen molar-refractivity contribution in [2.24, 2.45) is 0 Å². The first-order valence-corrected chi connectivity index (χ1v) is 12.5. The zero-order chi connectivity index (χ0) is 26.5. The lowest BCUT2D eigenvalue weighted by molar-refractivity contribution is -0.137. The second kappa shape index (κ2) is 11.5. The van der Waals surface area contributed by atoms with Crippen LogP contribution in [0.1, 0.15) is 50.3 Å². The van der Waals surface area contributed by atoms with Crippen molar-refractivity contribution in [2.75, 3.05) is 13.1 Å². The maximum atomic E-state index is 13.3. The smallest absolute Gasteiger partial charge is 0.416 e. The van der Waals surface area contributed by atoms with Gasteiger partial charge in [0.1, 0.15) is 5.60 Å². The van der Waals surface area contributed by atoms with Gasteiger partial charge in [-0.2, -0.15) is 13.2 Å². The highest BCUT2D eigenvalue weighted by atomic mass is 79.9. The normalized spacial score (nSPS) is 15.2. The van der Waals surface area contributed by atoms with Gasteiger partial charge in [0, 0.05) is 36.2 Å². The summed E-state index contributed by atoms with van der Waals surface area (Å²) < 4.78 is 44.9. The Morgan fingerprint density at radius 3 is 2.14 bits per heavy atom. The second-order valence-electron chi connectivity index (χ2n) is 9.74. The van der Waals surface area contributed by atoms with Gasteiger partial charge < -0.3 is 14.5 Å². The molecule has 1 fully saturated rings. The van der Waals surface area contributed by atoms with Crippen LogP contribution in [0.15, 0.2) is 59.1 Å². The molecule has 0 spiro atoms. The molecular formula is C27H30BrF3N2O3. The van der Waals surface area contributed by atoms with Crippen LogP contribution in [0, 0.1) is 0 Å². The third kappa shape index (κ3) is 8.11. The zero-order valence-corrected chi connectivity index (χ0v) is 22.1. The van der Waals surface area contributed by atoms with E-state index in [2.05, 4.69) is 15.9 Å². The summed E-state index contributed by atoms with van der Waals surface area (Å²) >= 11 is 3.41. The van der Waals surface area contributed by atoms with Crippen molar-refractivity contribution in [2.45, 2.75) is 58.0 Å². The molecular weight excluding hydrogens is 537 g/mol. The van der Waals surface area contributed by atoms with Gasteiger partial charge in [-0.25, -0.2) is 4.79 Å². The highest BCUT2D eigenvalue weighted by molar-refractivity contribution is 9.10. The van der Waals surface area contributed by atoms with Crippen LogP contribution in [-0.2, 0) is 22.3 Å². The molecule has 0 radical (unpaired) electrons. The predicted molar refractivity (Wildman–Crippen MR) is 136 cm³/mol. The van der Waals surface area contributed by atoms with Gasteiger partial charge in [-0.05, 0) is 75.1 Å². The third-order valence-corrected chi connectivity index (χ3v) is 6.29. The number of likely N-dealkylation sites (tertiary alicyclic amines) is 1. The van der Waals surface area contributed by atoms with Gasteiger partial charge in [-0.1, -0.05) is 40.2 Å². The van der Waals surface area contributed by atoms with Gasteiger partial charge in [0.15, 0.2) is 0 Å². The van der Waals surface area contributed by atoms with Gasteiger partial charge in [-0.15, -0.1) is 0 Å².